The Labute approximate surface area is 176 Å². The van der Waals surface area contributed by atoms with Crippen LogP contribution in [-0.4, -0.2) is 17.6 Å². The summed E-state index contributed by atoms with van der Waals surface area (Å²) >= 11 is 1.43. The first-order valence-electron chi connectivity index (χ1n) is 9.29. The van der Waals surface area contributed by atoms with Crippen molar-refractivity contribution in [2.75, 3.05) is 16.0 Å². The lowest BCUT2D eigenvalue weighted by Gasteiger charge is -2.25. The van der Waals surface area contributed by atoms with Gasteiger partial charge in [-0.15, -0.1) is 11.8 Å². The molecule has 3 aromatic rings. The van der Waals surface area contributed by atoms with Gasteiger partial charge in [0.05, 0.1) is 5.75 Å². The van der Waals surface area contributed by atoms with Crippen molar-refractivity contribution < 1.29 is 18.4 Å². The quantitative estimate of drug-likeness (QED) is 0.618. The Hall–Kier alpha value is -3.19. The third kappa shape index (κ3) is 4.07. The number of benzene rings is 3. The second-order valence-electron chi connectivity index (χ2n) is 6.95. The van der Waals surface area contributed by atoms with Gasteiger partial charge in [0, 0.05) is 16.9 Å². The number of hydrogen-bond donors (Lipinski definition) is 1. The number of anilines is 2. The van der Waals surface area contributed by atoms with Crippen molar-refractivity contribution in [3.63, 3.8) is 0 Å². The maximum Gasteiger partial charge on any atom is 0.255 e. The van der Waals surface area contributed by atoms with Crippen molar-refractivity contribution in [1.82, 2.24) is 0 Å². The molecule has 0 bridgehead atoms. The minimum absolute atomic E-state index is 0.109. The molecule has 1 fully saturated rings. The zero-order valence-corrected chi connectivity index (χ0v) is 16.9. The van der Waals surface area contributed by atoms with Gasteiger partial charge in [-0.1, -0.05) is 24.3 Å². The van der Waals surface area contributed by atoms with Crippen LogP contribution in [0.25, 0.3) is 0 Å². The fourth-order valence-corrected chi connectivity index (χ4v) is 4.45. The minimum atomic E-state index is -0.488. The van der Waals surface area contributed by atoms with E-state index >= 15 is 0 Å². The van der Waals surface area contributed by atoms with Gasteiger partial charge in [-0.3, -0.25) is 14.5 Å². The molecule has 0 aromatic heterocycles. The normalized spacial score (nSPS) is 16.0. The average Bonchev–Trinajstić information content (AvgIpc) is 3.12. The molecule has 1 atom stereocenters. The van der Waals surface area contributed by atoms with Crippen LogP contribution >= 0.6 is 11.8 Å². The number of rotatable bonds is 4. The third-order valence-corrected chi connectivity index (χ3v) is 6.03. The zero-order valence-electron chi connectivity index (χ0n) is 16.1. The second-order valence-corrected chi connectivity index (χ2v) is 8.02. The number of halogens is 2. The molecule has 1 saturated heterocycles. The highest BCUT2D eigenvalue weighted by Crippen LogP contribution is 2.42. The number of nitrogens with zero attached hydrogens (tertiary/aromatic N) is 1. The molecule has 1 heterocycles. The predicted octanol–water partition coefficient (Wildman–Crippen LogP) is 5.30. The average molecular weight is 424 g/mol. The van der Waals surface area contributed by atoms with Gasteiger partial charge in [-0.2, -0.15) is 0 Å². The zero-order chi connectivity index (χ0) is 21.3. The summed E-state index contributed by atoms with van der Waals surface area (Å²) in [5.41, 5.74) is 2.53. The van der Waals surface area contributed by atoms with Crippen LogP contribution in [0.1, 0.15) is 26.9 Å². The van der Waals surface area contributed by atoms with Gasteiger partial charge in [0.25, 0.3) is 5.91 Å². The summed E-state index contributed by atoms with van der Waals surface area (Å²) < 4.78 is 27.4. The number of carbonyl (C=O) groups is 2. The number of nitrogens with one attached hydrogen (secondary N) is 1. The molecule has 4 nitrogen and oxygen atoms in total. The Morgan fingerprint density at radius 3 is 2.63 bits per heavy atom. The standard InChI is InChI=1S/C23H18F2N2O2S/c1-14-8-9-19(12-20(14)25)27-21(28)13-30-23(27)16-5-3-7-18(11-16)26-22(29)15-4-2-6-17(24)10-15/h2-12,23H,13H2,1H3,(H,26,29)/t23-/m1/s1. The lowest BCUT2D eigenvalue weighted by Crippen LogP contribution is -2.28. The summed E-state index contributed by atoms with van der Waals surface area (Å²) in [6.45, 7) is 1.67. The predicted molar refractivity (Wildman–Crippen MR) is 115 cm³/mol. The number of aryl methyl sites for hydroxylation is 1. The molecule has 3 aromatic carbocycles. The van der Waals surface area contributed by atoms with E-state index in [1.807, 2.05) is 6.07 Å². The van der Waals surface area contributed by atoms with Crippen LogP contribution < -0.4 is 10.2 Å². The second kappa shape index (κ2) is 8.28. The number of thioether (sulfide) groups is 1. The molecule has 1 aliphatic rings. The highest BCUT2D eigenvalue weighted by molar-refractivity contribution is 8.00. The van der Waals surface area contributed by atoms with E-state index in [-0.39, 0.29) is 28.4 Å². The van der Waals surface area contributed by atoms with Crippen molar-refractivity contribution in [3.8, 4) is 0 Å². The van der Waals surface area contributed by atoms with Gasteiger partial charge in [0.1, 0.15) is 17.0 Å². The Kier molecular flexibility index (Phi) is 5.55. The molecule has 0 spiro atoms. The molecule has 0 saturated carbocycles. The van der Waals surface area contributed by atoms with E-state index in [0.29, 0.717) is 16.9 Å². The van der Waals surface area contributed by atoms with Crippen LogP contribution in [0.3, 0.4) is 0 Å². The molecule has 1 aliphatic heterocycles. The van der Waals surface area contributed by atoms with Gasteiger partial charge in [0.2, 0.25) is 5.91 Å². The van der Waals surface area contributed by atoms with Gasteiger partial charge in [-0.05, 0) is 60.5 Å². The first-order valence-corrected chi connectivity index (χ1v) is 10.3. The van der Waals surface area contributed by atoms with Crippen LogP contribution in [0.4, 0.5) is 20.2 Å². The number of hydrogen-bond acceptors (Lipinski definition) is 3. The molecule has 0 unspecified atom stereocenters. The third-order valence-electron chi connectivity index (χ3n) is 4.82. The molecule has 2 amide bonds. The van der Waals surface area contributed by atoms with E-state index in [9.17, 15) is 18.4 Å². The highest BCUT2D eigenvalue weighted by Gasteiger charge is 2.34. The number of amides is 2. The van der Waals surface area contributed by atoms with Gasteiger partial charge >= 0.3 is 0 Å². The Morgan fingerprint density at radius 2 is 1.87 bits per heavy atom. The largest absolute Gasteiger partial charge is 0.322 e. The van der Waals surface area contributed by atoms with Crippen molar-refractivity contribution in [1.29, 1.82) is 0 Å². The van der Waals surface area contributed by atoms with E-state index in [0.717, 1.165) is 5.56 Å². The maximum absolute atomic E-state index is 14.1. The lowest BCUT2D eigenvalue weighted by atomic mass is 10.1. The summed E-state index contributed by atoms with van der Waals surface area (Å²) in [5.74, 6) is -1.12. The van der Waals surface area contributed by atoms with Crippen LogP contribution in [0.5, 0.6) is 0 Å². The topological polar surface area (TPSA) is 49.4 Å². The van der Waals surface area contributed by atoms with Crippen LogP contribution in [0, 0.1) is 18.6 Å². The molecular formula is C23H18F2N2O2S. The first-order chi connectivity index (χ1) is 14.4. The van der Waals surface area contributed by atoms with E-state index < -0.39 is 11.7 Å². The Balaban J connectivity index is 1.60. The van der Waals surface area contributed by atoms with E-state index in [4.69, 9.17) is 0 Å². The summed E-state index contributed by atoms with van der Waals surface area (Å²) in [4.78, 5) is 26.5. The SMILES string of the molecule is Cc1ccc(N2C(=O)CS[C@@H]2c2cccc(NC(=O)c3cccc(F)c3)c2)cc1F. The fourth-order valence-electron chi connectivity index (χ4n) is 3.28. The van der Waals surface area contributed by atoms with Crippen molar-refractivity contribution >= 4 is 35.0 Å². The van der Waals surface area contributed by atoms with Crippen LogP contribution in [0.2, 0.25) is 0 Å². The lowest BCUT2D eigenvalue weighted by molar-refractivity contribution is -0.115. The molecule has 30 heavy (non-hydrogen) atoms. The first kappa shape index (κ1) is 20.1. The summed E-state index contributed by atoms with van der Waals surface area (Å²) in [5, 5.41) is 2.41. The monoisotopic (exact) mass is 424 g/mol. The summed E-state index contributed by atoms with van der Waals surface area (Å²) in [7, 11) is 0. The highest BCUT2D eigenvalue weighted by atomic mass is 32.2. The molecule has 4 rings (SSSR count). The van der Waals surface area contributed by atoms with Crippen LogP contribution in [0.15, 0.2) is 66.7 Å². The van der Waals surface area contributed by atoms with Gasteiger partial charge in [-0.25, -0.2) is 8.78 Å². The molecule has 1 N–H and O–H groups in total. The molecule has 152 valence electrons. The van der Waals surface area contributed by atoms with Crippen molar-refractivity contribution in [2.24, 2.45) is 0 Å². The fraction of sp³-hybridized carbons (Fsp3) is 0.130. The van der Waals surface area contributed by atoms with E-state index in [1.54, 1.807) is 42.2 Å². The summed E-state index contributed by atoms with van der Waals surface area (Å²) in [6.07, 6.45) is 0. The minimum Gasteiger partial charge on any atom is -0.322 e. The van der Waals surface area contributed by atoms with Crippen molar-refractivity contribution in [3.05, 3.63) is 95.1 Å². The Morgan fingerprint density at radius 1 is 1.07 bits per heavy atom. The molecular weight excluding hydrogens is 406 g/mol. The Bertz CT molecular complexity index is 1140. The van der Waals surface area contributed by atoms with Gasteiger partial charge in [0.15, 0.2) is 0 Å². The van der Waals surface area contributed by atoms with Crippen molar-refractivity contribution in [2.45, 2.75) is 12.3 Å². The molecule has 7 heteroatoms. The molecule has 0 radical (unpaired) electrons. The maximum atomic E-state index is 14.1. The van der Waals surface area contributed by atoms with E-state index in [1.165, 1.54) is 42.1 Å². The van der Waals surface area contributed by atoms with Crippen LogP contribution in [-0.2, 0) is 4.79 Å². The number of carbonyl (C=O) groups excluding carboxylic acids is 2. The van der Waals surface area contributed by atoms with E-state index in [2.05, 4.69) is 5.32 Å². The molecule has 0 aliphatic carbocycles. The smallest absolute Gasteiger partial charge is 0.255 e. The summed E-state index contributed by atoms with van der Waals surface area (Å²) in [6, 6.07) is 17.3. The van der Waals surface area contributed by atoms with Gasteiger partial charge < -0.3 is 5.32 Å².